The standard InChI is InChI=1S/C15H15FN4O3/c16-13-3-1-2-12-11(13)4-5-14(12)18-15(21)6-7-19-9-10(8-17-19)20(22)23/h1-3,8-9,14H,4-7H2,(H,18,21). The molecular weight excluding hydrogens is 303 g/mol. The van der Waals surface area contributed by atoms with Crippen LogP contribution in [0, 0.1) is 15.9 Å². The summed E-state index contributed by atoms with van der Waals surface area (Å²) in [5, 5.41) is 17.3. The molecule has 0 bridgehead atoms. The molecule has 0 aliphatic heterocycles. The first-order valence-corrected chi connectivity index (χ1v) is 7.28. The molecule has 3 rings (SSSR count). The van der Waals surface area contributed by atoms with Crippen LogP contribution in [0.2, 0.25) is 0 Å². The van der Waals surface area contributed by atoms with E-state index < -0.39 is 4.92 Å². The van der Waals surface area contributed by atoms with Gasteiger partial charge in [0.25, 0.3) is 0 Å². The lowest BCUT2D eigenvalue weighted by atomic mass is 10.1. The fraction of sp³-hybridized carbons (Fsp3) is 0.333. The fourth-order valence-corrected chi connectivity index (χ4v) is 2.81. The van der Waals surface area contributed by atoms with Crippen molar-refractivity contribution in [3.8, 4) is 0 Å². The maximum absolute atomic E-state index is 13.7. The second-order valence-electron chi connectivity index (χ2n) is 5.44. The molecule has 0 saturated heterocycles. The Kier molecular flexibility index (Phi) is 4.05. The van der Waals surface area contributed by atoms with Crippen molar-refractivity contribution < 1.29 is 14.1 Å². The van der Waals surface area contributed by atoms with Crippen LogP contribution >= 0.6 is 0 Å². The van der Waals surface area contributed by atoms with Crippen molar-refractivity contribution in [1.82, 2.24) is 15.1 Å². The number of aryl methyl sites for hydroxylation is 1. The molecule has 1 aromatic heterocycles. The average Bonchev–Trinajstić information content (AvgIpc) is 3.14. The molecule has 1 unspecified atom stereocenters. The molecule has 0 fully saturated rings. The first-order chi connectivity index (χ1) is 11.0. The predicted octanol–water partition coefficient (Wildman–Crippen LogP) is 2.12. The van der Waals surface area contributed by atoms with Crippen LogP contribution < -0.4 is 5.32 Å². The van der Waals surface area contributed by atoms with Gasteiger partial charge in [0.1, 0.15) is 18.2 Å². The van der Waals surface area contributed by atoms with E-state index in [1.807, 2.05) is 6.07 Å². The number of nitrogens with one attached hydrogen (secondary N) is 1. The van der Waals surface area contributed by atoms with Crippen molar-refractivity contribution in [2.24, 2.45) is 0 Å². The Bertz CT molecular complexity index is 759. The molecule has 0 radical (unpaired) electrons. The van der Waals surface area contributed by atoms with Gasteiger partial charge in [-0.1, -0.05) is 12.1 Å². The van der Waals surface area contributed by atoms with E-state index in [0.29, 0.717) is 18.4 Å². The number of rotatable bonds is 5. The van der Waals surface area contributed by atoms with Crippen LogP contribution in [-0.4, -0.2) is 20.6 Å². The number of aromatic nitrogens is 2. The maximum Gasteiger partial charge on any atom is 0.306 e. The van der Waals surface area contributed by atoms with Crippen LogP contribution in [0.4, 0.5) is 10.1 Å². The zero-order valence-corrected chi connectivity index (χ0v) is 12.2. The Hall–Kier alpha value is -2.77. The summed E-state index contributed by atoms with van der Waals surface area (Å²) >= 11 is 0. The van der Waals surface area contributed by atoms with Gasteiger partial charge in [-0.3, -0.25) is 19.6 Å². The molecule has 2 aromatic rings. The molecule has 7 nitrogen and oxygen atoms in total. The average molecular weight is 318 g/mol. The van der Waals surface area contributed by atoms with E-state index >= 15 is 0 Å². The number of benzene rings is 1. The number of nitrogens with zero attached hydrogens (tertiary/aromatic N) is 3. The molecule has 1 aliphatic carbocycles. The summed E-state index contributed by atoms with van der Waals surface area (Å²) < 4.78 is 15.0. The zero-order chi connectivity index (χ0) is 16.4. The van der Waals surface area contributed by atoms with Crippen molar-refractivity contribution in [1.29, 1.82) is 0 Å². The van der Waals surface area contributed by atoms with Crippen LogP contribution in [0.15, 0.2) is 30.6 Å². The number of carbonyl (C=O) groups is 1. The molecule has 1 N–H and O–H groups in total. The zero-order valence-electron chi connectivity index (χ0n) is 12.2. The van der Waals surface area contributed by atoms with Crippen LogP contribution in [0.5, 0.6) is 0 Å². The molecule has 1 heterocycles. The Labute approximate surface area is 131 Å². The molecule has 120 valence electrons. The molecule has 1 aliphatic rings. The molecule has 1 atom stereocenters. The largest absolute Gasteiger partial charge is 0.349 e. The smallest absolute Gasteiger partial charge is 0.306 e. The highest BCUT2D eigenvalue weighted by Gasteiger charge is 2.25. The Balaban J connectivity index is 1.56. The molecule has 8 heteroatoms. The van der Waals surface area contributed by atoms with Crippen LogP contribution in [0.3, 0.4) is 0 Å². The molecule has 0 saturated carbocycles. The molecule has 1 aromatic carbocycles. The fourth-order valence-electron chi connectivity index (χ4n) is 2.81. The second-order valence-corrected chi connectivity index (χ2v) is 5.44. The second kappa shape index (κ2) is 6.15. The predicted molar refractivity (Wildman–Crippen MR) is 79.1 cm³/mol. The van der Waals surface area contributed by atoms with Gasteiger partial charge in [-0.05, 0) is 30.0 Å². The minimum atomic E-state index is -0.534. The summed E-state index contributed by atoms with van der Waals surface area (Å²) in [6.45, 7) is 0.252. The minimum Gasteiger partial charge on any atom is -0.349 e. The highest BCUT2D eigenvalue weighted by molar-refractivity contribution is 5.76. The van der Waals surface area contributed by atoms with E-state index in [1.54, 1.807) is 6.07 Å². The summed E-state index contributed by atoms with van der Waals surface area (Å²) in [5.41, 5.74) is 1.39. The number of carbonyl (C=O) groups excluding carboxylic acids is 1. The minimum absolute atomic E-state index is 0.106. The quantitative estimate of drug-likeness (QED) is 0.675. The van der Waals surface area contributed by atoms with Crippen LogP contribution in [0.1, 0.15) is 30.0 Å². The Morgan fingerprint density at radius 1 is 1.52 bits per heavy atom. The van der Waals surface area contributed by atoms with E-state index in [0.717, 1.165) is 11.8 Å². The number of nitro groups is 1. The van der Waals surface area contributed by atoms with E-state index in [9.17, 15) is 19.3 Å². The number of hydrogen-bond donors (Lipinski definition) is 1. The van der Waals surface area contributed by atoms with Gasteiger partial charge in [0.2, 0.25) is 5.91 Å². The van der Waals surface area contributed by atoms with Crippen molar-refractivity contribution in [2.75, 3.05) is 0 Å². The first-order valence-electron chi connectivity index (χ1n) is 7.28. The Morgan fingerprint density at radius 3 is 3.09 bits per heavy atom. The maximum atomic E-state index is 13.7. The number of amides is 1. The lowest BCUT2D eigenvalue weighted by Crippen LogP contribution is -2.28. The van der Waals surface area contributed by atoms with Gasteiger partial charge < -0.3 is 5.32 Å². The summed E-state index contributed by atoms with van der Waals surface area (Å²) in [6.07, 6.45) is 3.87. The first kappa shape index (κ1) is 15.1. The van der Waals surface area contributed by atoms with E-state index in [-0.39, 0.29) is 36.4 Å². The van der Waals surface area contributed by atoms with E-state index in [1.165, 1.54) is 16.9 Å². The highest BCUT2D eigenvalue weighted by Crippen LogP contribution is 2.32. The topological polar surface area (TPSA) is 90.1 Å². The molecule has 1 amide bonds. The van der Waals surface area contributed by atoms with Gasteiger partial charge in [0, 0.05) is 13.0 Å². The van der Waals surface area contributed by atoms with Gasteiger partial charge in [0.05, 0.1) is 11.0 Å². The van der Waals surface area contributed by atoms with Gasteiger partial charge >= 0.3 is 5.69 Å². The van der Waals surface area contributed by atoms with Gasteiger partial charge in [-0.2, -0.15) is 5.10 Å². The number of hydrogen-bond acceptors (Lipinski definition) is 4. The van der Waals surface area contributed by atoms with Gasteiger partial charge in [-0.25, -0.2) is 4.39 Å². The van der Waals surface area contributed by atoms with Crippen LogP contribution in [0.25, 0.3) is 0 Å². The third-order valence-corrected chi connectivity index (χ3v) is 3.95. The van der Waals surface area contributed by atoms with E-state index in [4.69, 9.17) is 0 Å². The molecule has 0 spiro atoms. The monoisotopic (exact) mass is 318 g/mol. The van der Waals surface area contributed by atoms with Crippen molar-refractivity contribution in [3.63, 3.8) is 0 Å². The SMILES string of the molecule is O=C(CCn1cc([N+](=O)[O-])cn1)NC1CCc2c(F)cccc21. The van der Waals surface area contributed by atoms with Crippen LogP contribution in [-0.2, 0) is 17.8 Å². The van der Waals surface area contributed by atoms with Gasteiger partial charge in [0.15, 0.2) is 0 Å². The number of fused-ring (bicyclic) bond motifs is 1. The third-order valence-electron chi connectivity index (χ3n) is 3.95. The van der Waals surface area contributed by atoms with Crippen molar-refractivity contribution >= 4 is 11.6 Å². The summed E-state index contributed by atoms with van der Waals surface area (Å²) in [7, 11) is 0. The third kappa shape index (κ3) is 3.20. The van der Waals surface area contributed by atoms with Gasteiger partial charge in [-0.15, -0.1) is 0 Å². The Morgan fingerprint density at radius 2 is 2.35 bits per heavy atom. The summed E-state index contributed by atoms with van der Waals surface area (Å²) in [4.78, 5) is 22.1. The molecule has 23 heavy (non-hydrogen) atoms. The molecular formula is C15H15FN4O3. The summed E-state index contributed by atoms with van der Waals surface area (Å²) in [5.74, 6) is -0.423. The highest BCUT2D eigenvalue weighted by atomic mass is 19.1. The van der Waals surface area contributed by atoms with E-state index in [2.05, 4.69) is 10.4 Å². The summed E-state index contributed by atoms with van der Waals surface area (Å²) in [6, 6.07) is 4.71. The number of halogens is 1. The van der Waals surface area contributed by atoms with Crippen molar-refractivity contribution in [3.05, 3.63) is 57.7 Å². The van der Waals surface area contributed by atoms with Crippen molar-refractivity contribution in [2.45, 2.75) is 31.8 Å². The normalized spacial score (nSPS) is 16.1. The lowest BCUT2D eigenvalue weighted by molar-refractivity contribution is -0.385. The lowest BCUT2D eigenvalue weighted by Gasteiger charge is -2.14.